The largest absolute Gasteiger partial charge is 0.335 e. The lowest BCUT2D eigenvalue weighted by atomic mass is 9.84. The maximum atomic E-state index is 13.0. The first kappa shape index (κ1) is 17.9. The summed E-state index contributed by atoms with van der Waals surface area (Å²) in [5.41, 5.74) is 0.854. The van der Waals surface area contributed by atoms with Gasteiger partial charge >= 0.3 is 5.69 Å². The predicted molar refractivity (Wildman–Crippen MR) is 94.3 cm³/mol. The highest BCUT2D eigenvalue weighted by atomic mass is 16.6. The van der Waals surface area contributed by atoms with E-state index in [-0.39, 0.29) is 18.1 Å². The summed E-state index contributed by atoms with van der Waals surface area (Å²) in [7, 11) is 0. The Kier molecular flexibility index (Phi) is 5.11. The van der Waals surface area contributed by atoms with Crippen molar-refractivity contribution in [3.63, 3.8) is 0 Å². The van der Waals surface area contributed by atoms with E-state index in [4.69, 9.17) is 0 Å². The van der Waals surface area contributed by atoms with Gasteiger partial charge in [0.25, 0.3) is 0 Å². The third kappa shape index (κ3) is 3.70. The zero-order valence-corrected chi connectivity index (χ0v) is 15.4. The van der Waals surface area contributed by atoms with Crippen molar-refractivity contribution in [2.75, 3.05) is 0 Å². The number of nitrogens with zero attached hydrogens (tertiary/aromatic N) is 4. The van der Waals surface area contributed by atoms with Gasteiger partial charge in [-0.1, -0.05) is 13.3 Å². The molecule has 0 spiro atoms. The first-order chi connectivity index (χ1) is 11.9. The Hall–Kier alpha value is -1.92. The third-order valence-corrected chi connectivity index (χ3v) is 5.83. The fraction of sp³-hybridized carbons (Fsp3) is 0.778. The minimum absolute atomic E-state index is 0.0224. The number of amides is 1. The smallest absolute Gasteiger partial charge is 0.312 e. The van der Waals surface area contributed by atoms with Gasteiger partial charge in [0, 0.05) is 12.1 Å². The number of aromatic nitrogens is 2. The van der Waals surface area contributed by atoms with E-state index < -0.39 is 4.92 Å². The highest BCUT2D eigenvalue weighted by molar-refractivity contribution is 5.77. The van der Waals surface area contributed by atoms with Gasteiger partial charge < -0.3 is 4.90 Å². The molecule has 138 valence electrons. The van der Waals surface area contributed by atoms with Crippen molar-refractivity contribution in [3.8, 4) is 0 Å². The molecular formula is C18H28N4O3. The van der Waals surface area contributed by atoms with E-state index in [1.54, 1.807) is 13.8 Å². The molecule has 1 aromatic heterocycles. The van der Waals surface area contributed by atoms with Crippen LogP contribution in [0.25, 0.3) is 0 Å². The molecular weight excluding hydrogens is 320 g/mol. The summed E-state index contributed by atoms with van der Waals surface area (Å²) in [6, 6.07) is 0.692. The number of hydrogen-bond donors (Lipinski definition) is 0. The Morgan fingerprint density at radius 1 is 1.20 bits per heavy atom. The number of aryl methyl sites for hydroxylation is 1. The van der Waals surface area contributed by atoms with E-state index in [1.807, 2.05) is 0 Å². The molecule has 2 aliphatic carbocycles. The van der Waals surface area contributed by atoms with Gasteiger partial charge in [-0.3, -0.25) is 19.6 Å². The Morgan fingerprint density at radius 3 is 2.20 bits per heavy atom. The van der Waals surface area contributed by atoms with E-state index in [1.165, 1.54) is 23.9 Å². The van der Waals surface area contributed by atoms with Crippen LogP contribution in [0.5, 0.6) is 0 Å². The average Bonchev–Trinajstić information content (AvgIpc) is 3.35. The minimum atomic E-state index is -0.413. The minimum Gasteiger partial charge on any atom is -0.335 e. The van der Waals surface area contributed by atoms with Crippen molar-refractivity contribution >= 4 is 11.6 Å². The number of hydrogen-bond acceptors (Lipinski definition) is 4. The number of nitro groups is 1. The second-order valence-electron chi connectivity index (χ2n) is 7.55. The van der Waals surface area contributed by atoms with E-state index in [0.717, 1.165) is 31.6 Å². The Labute approximate surface area is 148 Å². The molecule has 0 radical (unpaired) electrons. The molecule has 0 aromatic carbocycles. The van der Waals surface area contributed by atoms with Crippen LogP contribution in [0.2, 0.25) is 0 Å². The Morgan fingerprint density at radius 2 is 1.76 bits per heavy atom. The molecule has 0 aliphatic heterocycles. The van der Waals surface area contributed by atoms with Crippen LogP contribution >= 0.6 is 0 Å². The van der Waals surface area contributed by atoms with Gasteiger partial charge in [0.1, 0.15) is 17.9 Å². The van der Waals surface area contributed by atoms with Crippen LogP contribution < -0.4 is 0 Å². The summed E-state index contributed by atoms with van der Waals surface area (Å²) in [6.07, 6.45) is 7.94. The van der Waals surface area contributed by atoms with Gasteiger partial charge in [-0.2, -0.15) is 5.10 Å². The molecule has 1 amide bonds. The van der Waals surface area contributed by atoms with Gasteiger partial charge in [-0.25, -0.2) is 0 Å². The summed E-state index contributed by atoms with van der Waals surface area (Å²) in [6.45, 7) is 5.63. The molecule has 7 nitrogen and oxygen atoms in total. The molecule has 0 N–H and O–H groups in total. The van der Waals surface area contributed by atoms with Crippen LogP contribution in [0, 0.1) is 29.9 Å². The van der Waals surface area contributed by atoms with Gasteiger partial charge in [-0.15, -0.1) is 0 Å². The first-order valence-electron chi connectivity index (χ1n) is 9.41. The number of carbonyl (C=O) groups is 1. The molecule has 1 aromatic rings. The molecule has 0 saturated heterocycles. The van der Waals surface area contributed by atoms with E-state index in [9.17, 15) is 14.9 Å². The molecule has 3 rings (SSSR count). The summed E-state index contributed by atoms with van der Waals surface area (Å²) >= 11 is 0. The van der Waals surface area contributed by atoms with E-state index >= 15 is 0 Å². The summed E-state index contributed by atoms with van der Waals surface area (Å²) in [5, 5.41) is 15.4. The first-order valence-corrected chi connectivity index (χ1v) is 9.41. The van der Waals surface area contributed by atoms with Crippen molar-refractivity contribution < 1.29 is 9.72 Å². The molecule has 2 saturated carbocycles. The zero-order chi connectivity index (χ0) is 18.1. The van der Waals surface area contributed by atoms with Crippen molar-refractivity contribution in [2.45, 2.75) is 84.3 Å². The molecule has 2 fully saturated rings. The van der Waals surface area contributed by atoms with Crippen LogP contribution in [0.4, 0.5) is 5.69 Å². The van der Waals surface area contributed by atoms with Crippen molar-refractivity contribution in [1.29, 1.82) is 0 Å². The molecule has 7 heteroatoms. The SMILES string of the molecule is CCC1CCC(N(C(=O)Cn2nc(C)c([N+](=O)[O-])c2C)C2CC2)CC1. The van der Waals surface area contributed by atoms with Crippen molar-refractivity contribution in [1.82, 2.24) is 14.7 Å². The standard InChI is InChI=1S/C18H28N4O3/c1-4-14-5-7-15(8-6-14)21(16-9-10-16)17(23)11-20-13(3)18(22(24)25)12(2)19-20/h14-16H,4-11H2,1-3H3. The molecule has 2 aliphatic rings. The quantitative estimate of drug-likeness (QED) is 0.583. The fourth-order valence-corrected chi connectivity index (χ4v) is 4.20. The summed E-state index contributed by atoms with van der Waals surface area (Å²) in [5.74, 6) is 0.856. The maximum absolute atomic E-state index is 13.0. The fourth-order valence-electron chi connectivity index (χ4n) is 4.20. The lowest BCUT2D eigenvalue weighted by Gasteiger charge is -2.37. The van der Waals surface area contributed by atoms with Crippen LogP contribution in [0.15, 0.2) is 0 Å². The van der Waals surface area contributed by atoms with Crippen molar-refractivity contribution in [3.05, 3.63) is 21.5 Å². The maximum Gasteiger partial charge on any atom is 0.312 e. The third-order valence-electron chi connectivity index (χ3n) is 5.83. The molecule has 0 unspecified atom stereocenters. The van der Waals surface area contributed by atoms with Crippen LogP contribution in [0.1, 0.15) is 63.3 Å². The van der Waals surface area contributed by atoms with Crippen LogP contribution in [-0.4, -0.2) is 37.6 Å². The van der Waals surface area contributed by atoms with E-state index in [2.05, 4.69) is 16.9 Å². The Bertz CT molecular complexity index is 658. The molecule has 0 atom stereocenters. The lowest BCUT2D eigenvalue weighted by Crippen LogP contribution is -2.45. The average molecular weight is 348 g/mol. The molecule has 1 heterocycles. The highest BCUT2D eigenvalue weighted by Gasteiger charge is 2.39. The number of rotatable bonds is 6. The van der Waals surface area contributed by atoms with Gasteiger partial charge in [-0.05, 0) is 58.3 Å². The van der Waals surface area contributed by atoms with Crippen molar-refractivity contribution in [2.24, 2.45) is 5.92 Å². The summed E-state index contributed by atoms with van der Waals surface area (Å²) < 4.78 is 1.50. The normalized spacial score (nSPS) is 23.5. The van der Waals surface area contributed by atoms with Gasteiger partial charge in [0.15, 0.2) is 0 Å². The predicted octanol–water partition coefficient (Wildman–Crippen LogP) is 3.37. The Balaban J connectivity index is 1.72. The monoisotopic (exact) mass is 348 g/mol. The second kappa shape index (κ2) is 7.14. The molecule has 25 heavy (non-hydrogen) atoms. The van der Waals surface area contributed by atoms with E-state index in [0.29, 0.717) is 23.5 Å². The zero-order valence-electron chi connectivity index (χ0n) is 15.4. The van der Waals surface area contributed by atoms with Gasteiger partial charge in [0.05, 0.1) is 4.92 Å². The topological polar surface area (TPSA) is 81.3 Å². The van der Waals surface area contributed by atoms with Crippen LogP contribution in [-0.2, 0) is 11.3 Å². The number of carbonyl (C=O) groups excluding carboxylic acids is 1. The molecule has 0 bridgehead atoms. The van der Waals surface area contributed by atoms with Crippen LogP contribution in [0.3, 0.4) is 0 Å². The van der Waals surface area contributed by atoms with Gasteiger partial charge in [0.2, 0.25) is 5.91 Å². The highest BCUT2D eigenvalue weighted by Crippen LogP contribution is 2.36. The second-order valence-corrected chi connectivity index (χ2v) is 7.55. The lowest BCUT2D eigenvalue weighted by molar-refractivity contribution is -0.386. The summed E-state index contributed by atoms with van der Waals surface area (Å²) in [4.78, 5) is 25.8.